The first-order valence-corrected chi connectivity index (χ1v) is 9.43. The molecule has 1 atom stereocenters. The number of aromatic nitrogens is 2. The molecule has 6 nitrogen and oxygen atoms in total. The normalized spacial score (nSPS) is 16.6. The van der Waals surface area contributed by atoms with Crippen molar-refractivity contribution in [2.24, 2.45) is 0 Å². The third-order valence-corrected chi connectivity index (χ3v) is 5.07. The van der Waals surface area contributed by atoms with Gasteiger partial charge in [0.1, 0.15) is 5.82 Å². The molecular weight excluding hydrogens is 336 g/mol. The largest absolute Gasteiger partial charge is 0.377 e. The maximum absolute atomic E-state index is 12.5. The van der Waals surface area contributed by atoms with Gasteiger partial charge in [0.25, 0.3) is 5.91 Å². The van der Waals surface area contributed by atoms with E-state index in [-0.39, 0.29) is 5.91 Å². The topological polar surface area (TPSA) is 76.1 Å². The fourth-order valence-corrected chi connectivity index (χ4v) is 3.71. The molecule has 0 spiro atoms. The fourth-order valence-electron chi connectivity index (χ4n) is 2.59. The highest BCUT2D eigenvalue weighted by Gasteiger charge is 2.17. The van der Waals surface area contributed by atoms with Crippen molar-refractivity contribution in [1.82, 2.24) is 15.3 Å². The molecule has 1 aliphatic heterocycles. The van der Waals surface area contributed by atoms with E-state index >= 15 is 0 Å². The first-order valence-electron chi connectivity index (χ1n) is 8.44. The van der Waals surface area contributed by atoms with Crippen LogP contribution in [0.5, 0.6) is 0 Å². The van der Waals surface area contributed by atoms with Gasteiger partial charge >= 0.3 is 0 Å². The highest BCUT2D eigenvalue weighted by atomic mass is 32.2. The molecule has 1 aromatic carbocycles. The van der Waals surface area contributed by atoms with Gasteiger partial charge in [0.05, 0.1) is 17.9 Å². The predicted molar refractivity (Wildman–Crippen MR) is 99.0 cm³/mol. The number of thioether (sulfide) groups is 1. The SMILES string of the molecule is O=C(NCCNc1cnccn1)c1ccccc1SC[C@@H]1CCCO1. The number of benzene rings is 1. The van der Waals surface area contributed by atoms with E-state index in [4.69, 9.17) is 4.74 Å². The summed E-state index contributed by atoms with van der Waals surface area (Å²) in [5, 5.41) is 6.06. The van der Waals surface area contributed by atoms with Crippen molar-refractivity contribution < 1.29 is 9.53 Å². The minimum Gasteiger partial charge on any atom is -0.377 e. The molecule has 1 amide bonds. The predicted octanol–water partition coefficient (Wildman–Crippen LogP) is 2.59. The van der Waals surface area contributed by atoms with Crippen LogP contribution < -0.4 is 10.6 Å². The van der Waals surface area contributed by atoms with Crippen LogP contribution in [0.1, 0.15) is 23.2 Å². The van der Waals surface area contributed by atoms with Crippen molar-refractivity contribution in [3.05, 3.63) is 48.4 Å². The van der Waals surface area contributed by atoms with Crippen LogP contribution in [0.3, 0.4) is 0 Å². The molecule has 0 aliphatic carbocycles. The number of nitrogens with one attached hydrogen (secondary N) is 2. The van der Waals surface area contributed by atoms with Gasteiger partial charge in [-0.1, -0.05) is 12.1 Å². The Balaban J connectivity index is 1.47. The molecule has 1 fully saturated rings. The average Bonchev–Trinajstić information content (AvgIpc) is 3.18. The number of nitrogens with zero attached hydrogens (tertiary/aromatic N) is 2. The summed E-state index contributed by atoms with van der Waals surface area (Å²) in [6, 6.07) is 7.71. The molecule has 2 N–H and O–H groups in total. The monoisotopic (exact) mass is 358 g/mol. The number of hydrogen-bond acceptors (Lipinski definition) is 6. The summed E-state index contributed by atoms with van der Waals surface area (Å²) >= 11 is 1.69. The molecule has 132 valence electrons. The summed E-state index contributed by atoms with van der Waals surface area (Å²) in [7, 11) is 0. The molecule has 0 radical (unpaired) electrons. The Bertz CT molecular complexity index is 678. The summed E-state index contributed by atoms with van der Waals surface area (Å²) in [5.41, 5.74) is 0.713. The second-order valence-corrected chi connectivity index (χ2v) is 6.78. The number of ether oxygens (including phenoxy) is 1. The first-order chi connectivity index (χ1) is 12.3. The molecule has 2 heterocycles. The van der Waals surface area contributed by atoms with E-state index < -0.39 is 0 Å². The Kier molecular flexibility index (Phi) is 6.64. The van der Waals surface area contributed by atoms with Gasteiger partial charge in [-0.25, -0.2) is 4.98 Å². The molecule has 2 aromatic rings. The molecule has 1 aliphatic rings. The van der Waals surface area contributed by atoms with Crippen molar-refractivity contribution >= 4 is 23.5 Å². The minimum absolute atomic E-state index is 0.0589. The Morgan fingerprint density at radius 1 is 1.28 bits per heavy atom. The van der Waals surface area contributed by atoms with Crippen molar-refractivity contribution in [3.8, 4) is 0 Å². The average molecular weight is 358 g/mol. The van der Waals surface area contributed by atoms with Gasteiger partial charge in [-0.3, -0.25) is 9.78 Å². The van der Waals surface area contributed by atoms with Gasteiger partial charge in [-0.05, 0) is 25.0 Å². The van der Waals surface area contributed by atoms with E-state index in [1.165, 1.54) is 0 Å². The van der Waals surface area contributed by atoms with E-state index in [0.717, 1.165) is 30.1 Å². The quantitative estimate of drug-likeness (QED) is 0.558. The Hall–Kier alpha value is -2.12. The van der Waals surface area contributed by atoms with E-state index in [2.05, 4.69) is 20.6 Å². The molecule has 0 bridgehead atoms. The van der Waals surface area contributed by atoms with Crippen molar-refractivity contribution in [2.45, 2.75) is 23.8 Å². The second kappa shape index (κ2) is 9.39. The van der Waals surface area contributed by atoms with Gasteiger partial charge < -0.3 is 15.4 Å². The van der Waals surface area contributed by atoms with Crippen molar-refractivity contribution in [3.63, 3.8) is 0 Å². The molecule has 1 saturated heterocycles. The summed E-state index contributed by atoms with van der Waals surface area (Å²) < 4.78 is 5.66. The highest BCUT2D eigenvalue weighted by molar-refractivity contribution is 7.99. The standard InChI is InChI=1S/C18H22N4O2S/c23-18(22-10-9-21-17-12-19-7-8-20-17)15-5-1-2-6-16(15)25-13-14-4-3-11-24-14/h1-2,5-8,12,14H,3-4,9-11,13H2,(H,20,21)(H,22,23)/t14-/m0/s1. The van der Waals surface area contributed by atoms with Crippen LogP contribution in [-0.4, -0.2) is 47.4 Å². The van der Waals surface area contributed by atoms with Crippen LogP contribution in [0.4, 0.5) is 5.82 Å². The second-order valence-electron chi connectivity index (χ2n) is 5.72. The zero-order valence-corrected chi connectivity index (χ0v) is 14.8. The summed E-state index contributed by atoms with van der Waals surface area (Å²) in [5.74, 6) is 1.53. The molecule has 25 heavy (non-hydrogen) atoms. The molecule has 7 heteroatoms. The first kappa shape index (κ1) is 17.7. The molecule has 0 unspecified atom stereocenters. The highest BCUT2D eigenvalue weighted by Crippen LogP contribution is 2.26. The summed E-state index contributed by atoms with van der Waals surface area (Å²) in [4.78, 5) is 21.6. The molecule has 0 saturated carbocycles. The van der Waals surface area contributed by atoms with E-state index in [1.54, 1.807) is 30.4 Å². The lowest BCUT2D eigenvalue weighted by Gasteiger charge is -2.12. The summed E-state index contributed by atoms with van der Waals surface area (Å²) in [6.45, 7) is 1.96. The third-order valence-electron chi connectivity index (χ3n) is 3.86. The van der Waals surface area contributed by atoms with Gasteiger partial charge in [-0.15, -0.1) is 11.8 Å². The number of carbonyl (C=O) groups is 1. The van der Waals surface area contributed by atoms with Crippen LogP contribution in [0.2, 0.25) is 0 Å². The van der Waals surface area contributed by atoms with E-state index in [9.17, 15) is 4.79 Å². The number of carbonyl (C=O) groups excluding carboxylic acids is 1. The minimum atomic E-state index is -0.0589. The molecular formula is C18H22N4O2S. The number of anilines is 1. The maximum Gasteiger partial charge on any atom is 0.252 e. The Morgan fingerprint density at radius 2 is 2.20 bits per heavy atom. The lowest BCUT2D eigenvalue weighted by Crippen LogP contribution is -2.29. The Morgan fingerprint density at radius 3 is 3.00 bits per heavy atom. The van der Waals surface area contributed by atoms with Crippen molar-refractivity contribution in [2.75, 3.05) is 30.8 Å². The van der Waals surface area contributed by atoms with Gasteiger partial charge in [0.15, 0.2) is 0 Å². The fraction of sp³-hybridized carbons (Fsp3) is 0.389. The number of hydrogen-bond donors (Lipinski definition) is 2. The lowest BCUT2D eigenvalue weighted by atomic mass is 10.2. The Labute approximate surface area is 151 Å². The number of rotatable bonds is 8. The number of amides is 1. The van der Waals surface area contributed by atoms with Crippen molar-refractivity contribution in [1.29, 1.82) is 0 Å². The van der Waals surface area contributed by atoms with Gasteiger partial charge in [0.2, 0.25) is 0 Å². The van der Waals surface area contributed by atoms with Crippen LogP contribution in [0, 0.1) is 0 Å². The smallest absolute Gasteiger partial charge is 0.252 e. The third kappa shape index (κ3) is 5.44. The van der Waals surface area contributed by atoms with Crippen LogP contribution in [0.15, 0.2) is 47.8 Å². The summed E-state index contributed by atoms with van der Waals surface area (Å²) in [6.07, 6.45) is 7.44. The zero-order chi connectivity index (χ0) is 17.3. The maximum atomic E-state index is 12.5. The molecule has 3 rings (SSSR count). The lowest BCUT2D eigenvalue weighted by molar-refractivity contribution is 0.0952. The molecule has 1 aromatic heterocycles. The van der Waals surface area contributed by atoms with Crippen LogP contribution >= 0.6 is 11.8 Å². The van der Waals surface area contributed by atoms with E-state index in [1.807, 2.05) is 24.3 Å². The van der Waals surface area contributed by atoms with Crippen LogP contribution in [-0.2, 0) is 4.74 Å². The van der Waals surface area contributed by atoms with Crippen LogP contribution in [0.25, 0.3) is 0 Å². The van der Waals surface area contributed by atoms with Gasteiger partial charge in [0, 0.05) is 42.7 Å². The van der Waals surface area contributed by atoms with Gasteiger partial charge in [-0.2, -0.15) is 0 Å². The zero-order valence-electron chi connectivity index (χ0n) is 14.0. The van der Waals surface area contributed by atoms with E-state index in [0.29, 0.717) is 30.6 Å².